The number of carbonyl (C=O) groups is 1. The Balaban J connectivity index is 1.57. The second-order valence-electron chi connectivity index (χ2n) is 5.99. The molecule has 1 N–H and O–H groups in total. The maximum absolute atomic E-state index is 12.3. The average molecular weight is 398 g/mol. The van der Waals surface area contributed by atoms with Crippen LogP contribution in [0.5, 0.6) is 17.2 Å². The Bertz CT molecular complexity index is 938. The van der Waals surface area contributed by atoms with Crippen molar-refractivity contribution in [3.05, 3.63) is 53.5 Å². The topological polar surface area (TPSA) is 69.7 Å². The Kier molecular flexibility index (Phi) is 6.49. The molecule has 146 valence electrons. The molecule has 2 aromatic carbocycles. The SMILES string of the molecule is COc1ccc(-c2nc(CCC(=O)Nc3ccc(OC)c(OC)c3)cs2)cc1. The van der Waals surface area contributed by atoms with Gasteiger partial charge in [-0.05, 0) is 42.8 Å². The smallest absolute Gasteiger partial charge is 0.224 e. The van der Waals surface area contributed by atoms with Crippen LogP contribution in [-0.2, 0) is 11.2 Å². The molecule has 3 rings (SSSR count). The highest BCUT2D eigenvalue weighted by Gasteiger charge is 2.10. The number of thiazole rings is 1. The van der Waals surface area contributed by atoms with Gasteiger partial charge in [-0.2, -0.15) is 0 Å². The van der Waals surface area contributed by atoms with E-state index in [1.165, 1.54) is 0 Å². The van der Waals surface area contributed by atoms with Crippen molar-refractivity contribution in [2.75, 3.05) is 26.6 Å². The number of methoxy groups -OCH3 is 3. The van der Waals surface area contributed by atoms with Crippen LogP contribution in [0.25, 0.3) is 10.6 Å². The number of hydrogen-bond donors (Lipinski definition) is 1. The fourth-order valence-electron chi connectivity index (χ4n) is 2.67. The third-order valence-corrected chi connectivity index (χ3v) is 5.10. The fraction of sp³-hybridized carbons (Fsp3) is 0.238. The average Bonchev–Trinajstić information content (AvgIpc) is 3.21. The molecule has 1 heterocycles. The van der Waals surface area contributed by atoms with Crippen molar-refractivity contribution in [3.8, 4) is 27.8 Å². The number of hydrogen-bond acceptors (Lipinski definition) is 6. The zero-order valence-electron chi connectivity index (χ0n) is 16.0. The Labute approximate surface area is 168 Å². The first-order valence-corrected chi connectivity index (χ1v) is 9.61. The third-order valence-electron chi connectivity index (χ3n) is 4.16. The molecular weight excluding hydrogens is 376 g/mol. The first-order chi connectivity index (χ1) is 13.6. The standard InChI is InChI=1S/C21H22N2O4S/c1-25-17-8-4-14(5-9-17)21-23-16(13-28-21)7-11-20(24)22-15-6-10-18(26-2)19(12-15)27-3/h4-6,8-10,12-13H,7,11H2,1-3H3,(H,22,24). The number of nitrogens with one attached hydrogen (secondary N) is 1. The maximum atomic E-state index is 12.3. The van der Waals surface area contributed by atoms with E-state index in [0.29, 0.717) is 30.0 Å². The first kappa shape index (κ1) is 19.7. The van der Waals surface area contributed by atoms with Gasteiger partial charge >= 0.3 is 0 Å². The van der Waals surface area contributed by atoms with Crippen LogP contribution in [0.2, 0.25) is 0 Å². The minimum absolute atomic E-state index is 0.0776. The molecule has 6 nitrogen and oxygen atoms in total. The number of anilines is 1. The highest BCUT2D eigenvalue weighted by molar-refractivity contribution is 7.13. The fourth-order valence-corrected chi connectivity index (χ4v) is 3.53. The summed E-state index contributed by atoms with van der Waals surface area (Å²) in [4.78, 5) is 16.9. The van der Waals surface area contributed by atoms with E-state index in [1.807, 2.05) is 29.6 Å². The van der Waals surface area contributed by atoms with Crippen molar-refractivity contribution in [1.29, 1.82) is 0 Å². The lowest BCUT2D eigenvalue weighted by atomic mass is 10.2. The maximum Gasteiger partial charge on any atom is 0.224 e. The molecule has 1 amide bonds. The van der Waals surface area contributed by atoms with Crippen LogP contribution >= 0.6 is 11.3 Å². The molecule has 1 aromatic heterocycles. The molecule has 0 spiro atoms. The highest BCUT2D eigenvalue weighted by Crippen LogP contribution is 2.30. The molecule has 0 fully saturated rings. The van der Waals surface area contributed by atoms with Gasteiger partial charge in [-0.25, -0.2) is 4.98 Å². The summed E-state index contributed by atoms with van der Waals surface area (Å²) in [7, 11) is 4.78. The molecule has 0 unspecified atom stereocenters. The molecule has 28 heavy (non-hydrogen) atoms. The number of benzene rings is 2. The molecule has 0 atom stereocenters. The van der Waals surface area contributed by atoms with E-state index < -0.39 is 0 Å². The molecule has 0 saturated heterocycles. The lowest BCUT2D eigenvalue weighted by molar-refractivity contribution is -0.116. The Morgan fingerprint density at radius 3 is 2.43 bits per heavy atom. The molecule has 0 aliphatic carbocycles. The highest BCUT2D eigenvalue weighted by atomic mass is 32.1. The second kappa shape index (κ2) is 9.23. The molecule has 0 aliphatic rings. The van der Waals surface area contributed by atoms with E-state index in [4.69, 9.17) is 14.2 Å². The number of carbonyl (C=O) groups excluding carboxylic acids is 1. The van der Waals surface area contributed by atoms with Crippen molar-refractivity contribution < 1.29 is 19.0 Å². The van der Waals surface area contributed by atoms with Crippen molar-refractivity contribution in [2.24, 2.45) is 0 Å². The van der Waals surface area contributed by atoms with Crippen molar-refractivity contribution in [2.45, 2.75) is 12.8 Å². The van der Waals surface area contributed by atoms with Gasteiger partial charge in [0.2, 0.25) is 5.91 Å². The molecule has 0 bridgehead atoms. The van der Waals surface area contributed by atoms with Gasteiger partial charge in [-0.15, -0.1) is 11.3 Å². The van der Waals surface area contributed by atoms with Crippen molar-refractivity contribution in [1.82, 2.24) is 4.98 Å². The van der Waals surface area contributed by atoms with E-state index in [2.05, 4.69) is 10.3 Å². The zero-order valence-corrected chi connectivity index (χ0v) is 16.8. The summed E-state index contributed by atoms with van der Waals surface area (Å²) in [5, 5.41) is 5.79. The summed E-state index contributed by atoms with van der Waals surface area (Å²) in [5.74, 6) is 1.93. The molecule has 3 aromatic rings. The van der Waals surface area contributed by atoms with E-state index in [9.17, 15) is 4.79 Å². The summed E-state index contributed by atoms with van der Waals surface area (Å²) >= 11 is 1.57. The quantitative estimate of drug-likeness (QED) is 0.609. The van der Waals surface area contributed by atoms with Crippen LogP contribution in [-0.4, -0.2) is 32.2 Å². The third kappa shape index (κ3) is 4.80. The van der Waals surface area contributed by atoms with E-state index >= 15 is 0 Å². The van der Waals surface area contributed by atoms with Gasteiger partial charge in [0.15, 0.2) is 11.5 Å². The van der Waals surface area contributed by atoms with Gasteiger partial charge in [-0.3, -0.25) is 4.79 Å². The lowest BCUT2D eigenvalue weighted by Crippen LogP contribution is -2.12. The van der Waals surface area contributed by atoms with Gasteiger partial charge in [-0.1, -0.05) is 0 Å². The van der Waals surface area contributed by atoms with Crippen LogP contribution in [0.3, 0.4) is 0 Å². The molecule has 7 heteroatoms. The summed E-state index contributed by atoms with van der Waals surface area (Å²) < 4.78 is 15.6. The van der Waals surface area contributed by atoms with E-state index in [0.717, 1.165) is 22.0 Å². The van der Waals surface area contributed by atoms with Crippen LogP contribution in [0, 0.1) is 0 Å². The van der Waals surface area contributed by atoms with Gasteiger partial charge < -0.3 is 19.5 Å². The van der Waals surface area contributed by atoms with Crippen LogP contribution in [0.15, 0.2) is 47.8 Å². The number of aryl methyl sites for hydroxylation is 1. The summed E-state index contributed by atoms with van der Waals surface area (Å²) in [6, 6.07) is 13.1. The summed E-state index contributed by atoms with van der Waals surface area (Å²) in [5.41, 5.74) is 2.60. The molecular formula is C21H22N2O4S. The monoisotopic (exact) mass is 398 g/mol. The lowest BCUT2D eigenvalue weighted by Gasteiger charge is -2.10. The van der Waals surface area contributed by atoms with Gasteiger partial charge in [0.05, 0.1) is 27.0 Å². The number of ether oxygens (including phenoxy) is 3. The minimum atomic E-state index is -0.0776. The largest absolute Gasteiger partial charge is 0.497 e. The number of amides is 1. The second-order valence-corrected chi connectivity index (χ2v) is 6.85. The summed E-state index contributed by atoms with van der Waals surface area (Å²) in [6.07, 6.45) is 0.923. The minimum Gasteiger partial charge on any atom is -0.497 e. The van der Waals surface area contributed by atoms with Gasteiger partial charge in [0, 0.05) is 29.1 Å². The van der Waals surface area contributed by atoms with E-state index in [1.54, 1.807) is 50.9 Å². The Hall–Kier alpha value is -3.06. The summed E-state index contributed by atoms with van der Waals surface area (Å²) in [6.45, 7) is 0. The molecule has 0 saturated carbocycles. The first-order valence-electron chi connectivity index (χ1n) is 8.73. The van der Waals surface area contributed by atoms with Crippen molar-refractivity contribution in [3.63, 3.8) is 0 Å². The van der Waals surface area contributed by atoms with Gasteiger partial charge in [0.1, 0.15) is 10.8 Å². The van der Waals surface area contributed by atoms with Crippen molar-refractivity contribution >= 4 is 22.9 Å². The number of rotatable bonds is 8. The predicted octanol–water partition coefficient (Wildman–Crippen LogP) is 4.41. The number of nitrogens with zero attached hydrogens (tertiary/aromatic N) is 1. The predicted molar refractivity (Wildman–Crippen MR) is 111 cm³/mol. The normalized spacial score (nSPS) is 10.4. The van der Waals surface area contributed by atoms with Gasteiger partial charge in [0.25, 0.3) is 0 Å². The Morgan fingerprint density at radius 1 is 1.00 bits per heavy atom. The van der Waals surface area contributed by atoms with Crippen LogP contribution in [0.4, 0.5) is 5.69 Å². The van der Waals surface area contributed by atoms with E-state index in [-0.39, 0.29) is 5.91 Å². The molecule has 0 aliphatic heterocycles. The zero-order chi connectivity index (χ0) is 19.9. The van der Waals surface area contributed by atoms with Crippen LogP contribution in [0.1, 0.15) is 12.1 Å². The Morgan fingerprint density at radius 2 is 1.75 bits per heavy atom. The number of aromatic nitrogens is 1. The van der Waals surface area contributed by atoms with Crippen LogP contribution < -0.4 is 19.5 Å². The molecule has 0 radical (unpaired) electrons.